The third-order valence-electron chi connectivity index (χ3n) is 2.51. The molecule has 3 nitrogen and oxygen atoms in total. The molecule has 1 aromatic heterocycles. The Morgan fingerprint density at radius 1 is 1.32 bits per heavy atom. The molecule has 100 valence electrons. The zero-order chi connectivity index (χ0) is 13.8. The SMILES string of the molecule is COc1ncccc1CNc1c(Cl)cc(Br)cc1Cl. The maximum Gasteiger partial charge on any atom is 0.218 e. The van der Waals surface area contributed by atoms with Crippen LogP contribution in [0.25, 0.3) is 0 Å². The van der Waals surface area contributed by atoms with Gasteiger partial charge in [-0.3, -0.25) is 0 Å². The number of hydrogen-bond donors (Lipinski definition) is 1. The molecule has 19 heavy (non-hydrogen) atoms. The fourth-order valence-electron chi connectivity index (χ4n) is 1.64. The molecule has 0 spiro atoms. The van der Waals surface area contributed by atoms with Gasteiger partial charge in [0, 0.05) is 22.8 Å². The summed E-state index contributed by atoms with van der Waals surface area (Å²) in [6.07, 6.45) is 1.68. The fraction of sp³-hybridized carbons (Fsp3) is 0.154. The Hall–Kier alpha value is -0.970. The first-order valence-corrected chi connectivity index (χ1v) is 7.03. The number of methoxy groups -OCH3 is 1. The highest BCUT2D eigenvalue weighted by molar-refractivity contribution is 9.10. The van der Waals surface area contributed by atoms with Gasteiger partial charge in [-0.1, -0.05) is 45.2 Å². The summed E-state index contributed by atoms with van der Waals surface area (Å²) in [5.41, 5.74) is 1.62. The van der Waals surface area contributed by atoms with Crippen LogP contribution in [0, 0.1) is 0 Å². The molecule has 1 heterocycles. The second-order valence-corrected chi connectivity index (χ2v) is 5.50. The topological polar surface area (TPSA) is 34.1 Å². The smallest absolute Gasteiger partial charge is 0.218 e. The van der Waals surface area contributed by atoms with E-state index in [0.29, 0.717) is 28.2 Å². The van der Waals surface area contributed by atoms with Crippen molar-refractivity contribution in [3.8, 4) is 5.88 Å². The number of pyridine rings is 1. The van der Waals surface area contributed by atoms with Crippen molar-refractivity contribution < 1.29 is 4.74 Å². The largest absolute Gasteiger partial charge is 0.481 e. The molecule has 6 heteroatoms. The minimum Gasteiger partial charge on any atom is -0.481 e. The predicted molar refractivity (Wildman–Crippen MR) is 82.3 cm³/mol. The number of rotatable bonds is 4. The normalized spacial score (nSPS) is 10.3. The molecule has 2 rings (SSSR count). The van der Waals surface area contributed by atoms with Gasteiger partial charge in [-0.2, -0.15) is 0 Å². The molecule has 1 N–H and O–H groups in total. The number of nitrogens with zero attached hydrogens (tertiary/aromatic N) is 1. The molecular weight excluding hydrogens is 351 g/mol. The molecular formula is C13H11BrCl2N2O. The van der Waals surface area contributed by atoms with Gasteiger partial charge in [0.1, 0.15) is 0 Å². The van der Waals surface area contributed by atoms with Crippen molar-refractivity contribution in [3.05, 3.63) is 50.5 Å². The predicted octanol–water partition coefficient (Wildman–Crippen LogP) is 4.77. The summed E-state index contributed by atoms with van der Waals surface area (Å²) in [5, 5.41) is 4.31. The molecule has 0 amide bonds. The number of anilines is 1. The fourth-order valence-corrected chi connectivity index (χ4v) is 2.98. The number of nitrogens with one attached hydrogen (secondary N) is 1. The molecule has 0 saturated carbocycles. The molecule has 0 saturated heterocycles. The highest BCUT2D eigenvalue weighted by Crippen LogP contribution is 2.34. The van der Waals surface area contributed by atoms with E-state index in [2.05, 4.69) is 26.2 Å². The monoisotopic (exact) mass is 360 g/mol. The van der Waals surface area contributed by atoms with Gasteiger partial charge in [-0.25, -0.2) is 4.98 Å². The van der Waals surface area contributed by atoms with Gasteiger partial charge in [0.05, 0.1) is 22.8 Å². The summed E-state index contributed by atoms with van der Waals surface area (Å²) >= 11 is 15.6. The Morgan fingerprint density at radius 3 is 2.63 bits per heavy atom. The van der Waals surface area contributed by atoms with Crippen LogP contribution in [0.3, 0.4) is 0 Å². The summed E-state index contributed by atoms with van der Waals surface area (Å²) in [5.74, 6) is 0.583. The maximum atomic E-state index is 6.15. The first-order valence-electron chi connectivity index (χ1n) is 5.48. The van der Waals surface area contributed by atoms with Crippen LogP contribution in [-0.4, -0.2) is 12.1 Å². The molecule has 2 aromatic rings. The van der Waals surface area contributed by atoms with Crippen molar-refractivity contribution in [1.82, 2.24) is 4.98 Å². The second-order valence-electron chi connectivity index (χ2n) is 3.77. The molecule has 0 aliphatic heterocycles. The lowest BCUT2D eigenvalue weighted by molar-refractivity contribution is 0.393. The molecule has 0 bridgehead atoms. The van der Waals surface area contributed by atoms with E-state index in [4.69, 9.17) is 27.9 Å². The Labute approximate surface area is 130 Å². The molecule has 0 atom stereocenters. The van der Waals surface area contributed by atoms with Gasteiger partial charge < -0.3 is 10.1 Å². The first kappa shape index (κ1) is 14.4. The first-order chi connectivity index (χ1) is 9.11. The van der Waals surface area contributed by atoms with Crippen LogP contribution in [0.4, 0.5) is 5.69 Å². The Kier molecular flexibility index (Phi) is 4.91. The van der Waals surface area contributed by atoms with Gasteiger partial charge in [0.15, 0.2) is 0 Å². The molecule has 0 fully saturated rings. The summed E-state index contributed by atoms with van der Waals surface area (Å²) < 4.78 is 6.03. The zero-order valence-electron chi connectivity index (χ0n) is 10.1. The second kappa shape index (κ2) is 6.46. The summed E-state index contributed by atoms with van der Waals surface area (Å²) in [7, 11) is 1.59. The van der Waals surface area contributed by atoms with Crippen LogP contribution < -0.4 is 10.1 Å². The van der Waals surface area contributed by atoms with Gasteiger partial charge in [0.25, 0.3) is 0 Å². The van der Waals surface area contributed by atoms with E-state index in [1.54, 1.807) is 25.4 Å². The van der Waals surface area contributed by atoms with Gasteiger partial charge in [0.2, 0.25) is 5.88 Å². The molecule has 0 radical (unpaired) electrons. The van der Waals surface area contributed by atoms with E-state index in [-0.39, 0.29) is 0 Å². The number of hydrogen-bond acceptors (Lipinski definition) is 3. The van der Waals surface area contributed by atoms with Gasteiger partial charge >= 0.3 is 0 Å². The van der Waals surface area contributed by atoms with E-state index in [0.717, 1.165) is 10.0 Å². The van der Waals surface area contributed by atoms with E-state index in [1.165, 1.54) is 0 Å². The quantitative estimate of drug-likeness (QED) is 0.851. The standard InChI is InChI=1S/C13H11BrCl2N2O/c1-19-13-8(3-2-4-17-13)7-18-12-10(15)5-9(14)6-11(12)16/h2-6,18H,7H2,1H3. The van der Waals surface area contributed by atoms with E-state index in [1.807, 2.05) is 12.1 Å². The minimum absolute atomic E-state index is 0.526. The number of ether oxygens (including phenoxy) is 1. The van der Waals surface area contributed by atoms with Crippen LogP contribution in [-0.2, 0) is 6.54 Å². The minimum atomic E-state index is 0.526. The third kappa shape index (κ3) is 3.53. The zero-order valence-corrected chi connectivity index (χ0v) is 13.2. The molecule has 0 unspecified atom stereocenters. The average molecular weight is 362 g/mol. The van der Waals surface area contributed by atoms with Crippen molar-refractivity contribution in [3.63, 3.8) is 0 Å². The average Bonchev–Trinajstić information content (AvgIpc) is 2.38. The van der Waals surface area contributed by atoms with Crippen LogP contribution in [0.5, 0.6) is 5.88 Å². The van der Waals surface area contributed by atoms with E-state index in [9.17, 15) is 0 Å². The van der Waals surface area contributed by atoms with Crippen LogP contribution >= 0.6 is 39.1 Å². The maximum absolute atomic E-state index is 6.15. The lowest BCUT2D eigenvalue weighted by Gasteiger charge is -2.12. The van der Waals surface area contributed by atoms with Crippen molar-refractivity contribution >= 4 is 44.8 Å². The van der Waals surface area contributed by atoms with E-state index >= 15 is 0 Å². The number of halogens is 3. The van der Waals surface area contributed by atoms with Gasteiger partial charge in [-0.05, 0) is 18.2 Å². The summed E-state index contributed by atoms with van der Waals surface area (Å²) in [6.45, 7) is 0.526. The Balaban J connectivity index is 2.19. The number of aromatic nitrogens is 1. The highest BCUT2D eigenvalue weighted by atomic mass is 79.9. The molecule has 1 aromatic carbocycles. The third-order valence-corrected chi connectivity index (χ3v) is 3.56. The van der Waals surface area contributed by atoms with Crippen LogP contribution in [0.2, 0.25) is 10.0 Å². The summed E-state index contributed by atoms with van der Waals surface area (Å²) in [6, 6.07) is 7.36. The van der Waals surface area contributed by atoms with Crippen molar-refractivity contribution in [2.24, 2.45) is 0 Å². The van der Waals surface area contributed by atoms with Crippen LogP contribution in [0.15, 0.2) is 34.9 Å². The van der Waals surface area contributed by atoms with Crippen molar-refractivity contribution in [1.29, 1.82) is 0 Å². The lowest BCUT2D eigenvalue weighted by atomic mass is 10.2. The van der Waals surface area contributed by atoms with Crippen molar-refractivity contribution in [2.45, 2.75) is 6.54 Å². The highest BCUT2D eigenvalue weighted by Gasteiger charge is 2.09. The Morgan fingerprint density at radius 2 is 2.00 bits per heavy atom. The summed E-state index contributed by atoms with van der Waals surface area (Å²) in [4.78, 5) is 4.13. The van der Waals surface area contributed by atoms with Gasteiger partial charge in [-0.15, -0.1) is 0 Å². The number of benzene rings is 1. The molecule has 0 aliphatic carbocycles. The Bertz CT molecular complexity index is 570. The van der Waals surface area contributed by atoms with E-state index < -0.39 is 0 Å². The van der Waals surface area contributed by atoms with Crippen LogP contribution in [0.1, 0.15) is 5.56 Å². The lowest BCUT2D eigenvalue weighted by Crippen LogP contribution is -2.03. The molecule has 0 aliphatic rings. The van der Waals surface area contributed by atoms with Crippen molar-refractivity contribution in [2.75, 3.05) is 12.4 Å².